The number of rotatable bonds is 8. The van der Waals surface area contributed by atoms with Crippen molar-refractivity contribution >= 4 is 31.9 Å². The summed E-state index contributed by atoms with van der Waals surface area (Å²) in [6, 6.07) is 9.41. The molecule has 2 aromatic heterocycles. The van der Waals surface area contributed by atoms with E-state index in [0.717, 1.165) is 36.4 Å². The van der Waals surface area contributed by atoms with Crippen molar-refractivity contribution in [2.45, 2.75) is 22.4 Å². The lowest BCUT2D eigenvalue weighted by atomic mass is 10.3. The number of hydrogen-bond acceptors (Lipinski definition) is 9. The molecule has 0 fully saturated rings. The zero-order chi connectivity index (χ0) is 25.3. The number of ether oxygens (including phenoxy) is 2. The van der Waals surface area contributed by atoms with Gasteiger partial charge in [0.1, 0.15) is 11.5 Å². The number of nitrogens with zero attached hydrogens (tertiary/aromatic N) is 3. The predicted octanol–water partition coefficient (Wildman–Crippen LogP) is 3.00. The minimum absolute atomic E-state index is 0.0370. The molecule has 2 heterocycles. The lowest BCUT2D eigenvalue weighted by Crippen LogP contribution is -2.17. The van der Waals surface area contributed by atoms with Crippen LogP contribution >= 0.6 is 0 Å². The first kappa shape index (κ1) is 24.3. The number of aromatic nitrogens is 3. The topological polar surface area (TPSA) is 141 Å². The number of phenolic OH excluding ortho intramolecular Hbond substituents is 1. The summed E-state index contributed by atoms with van der Waals surface area (Å²) in [5.41, 5.74) is -0.160. The number of aromatic hydroxyl groups is 2. The first-order valence-corrected chi connectivity index (χ1v) is 12.5. The van der Waals surface area contributed by atoms with Crippen LogP contribution in [-0.4, -0.2) is 50.5 Å². The number of phenols is 1. The van der Waals surface area contributed by atoms with Gasteiger partial charge in [-0.2, -0.15) is 8.78 Å². The Morgan fingerprint density at radius 3 is 2.49 bits per heavy atom. The summed E-state index contributed by atoms with van der Waals surface area (Å²) in [5.74, 6) is -1.18. The molecule has 10 nitrogen and oxygen atoms in total. The zero-order valence-electron chi connectivity index (χ0n) is 17.8. The Bertz CT molecular complexity index is 1520. The van der Waals surface area contributed by atoms with Gasteiger partial charge in [0.25, 0.3) is 10.0 Å². The van der Waals surface area contributed by atoms with E-state index in [2.05, 4.69) is 14.7 Å². The lowest BCUT2D eigenvalue weighted by molar-refractivity contribution is -0.0497. The number of pyridine rings is 1. The Hall–Kier alpha value is -3.78. The third kappa shape index (κ3) is 4.74. The molecule has 1 unspecified atom stereocenters. The van der Waals surface area contributed by atoms with Gasteiger partial charge in [-0.1, -0.05) is 0 Å². The van der Waals surface area contributed by atoms with Crippen LogP contribution in [0.4, 0.5) is 8.78 Å². The largest absolute Gasteiger partial charge is 0.508 e. The zero-order valence-corrected chi connectivity index (χ0v) is 19.5. The van der Waals surface area contributed by atoms with Gasteiger partial charge >= 0.3 is 6.61 Å². The average molecular weight is 526 g/mol. The highest BCUT2D eigenvalue weighted by Crippen LogP contribution is 2.32. The van der Waals surface area contributed by atoms with Crippen molar-refractivity contribution in [1.29, 1.82) is 0 Å². The SMILES string of the molecule is COc1ccnc(CS(=O)c2nc3cc(OC(F)F)ccc3n2S(=O)(=O)c2ccc(O)cc2)c1O. The Labute approximate surface area is 199 Å². The molecular formula is C21H17F2N3O7S2. The number of fused-ring (bicyclic) bond motifs is 1. The smallest absolute Gasteiger partial charge is 0.387 e. The van der Waals surface area contributed by atoms with E-state index in [1.54, 1.807) is 0 Å². The lowest BCUT2D eigenvalue weighted by Gasteiger charge is -2.11. The van der Waals surface area contributed by atoms with Crippen molar-refractivity contribution in [1.82, 2.24) is 13.9 Å². The predicted molar refractivity (Wildman–Crippen MR) is 120 cm³/mol. The molecule has 1 atom stereocenters. The Morgan fingerprint density at radius 2 is 1.83 bits per heavy atom. The van der Waals surface area contributed by atoms with Crippen LogP contribution < -0.4 is 9.47 Å². The van der Waals surface area contributed by atoms with Crippen LogP contribution in [0.3, 0.4) is 0 Å². The van der Waals surface area contributed by atoms with Crippen molar-refractivity contribution in [3.8, 4) is 23.0 Å². The van der Waals surface area contributed by atoms with E-state index in [-0.39, 0.29) is 44.6 Å². The molecule has 0 bridgehead atoms. The minimum Gasteiger partial charge on any atom is -0.508 e. The highest BCUT2D eigenvalue weighted by Gasteiger charge is 2.29. The van der Waals surface area contributed by atoms with Gasteiger partial charge in [-0.25, -0.2) is 17.4 Å². The van der Waals surface area contributed by atoms with Gasteiger partial charge < -0.3 is 19.7 Å². The summed E-state index contributed by atoms with van der Waals surface area (Å²) in [4.78, 5) is 7.85. The van der Waals surface area contributed by atoms with Crippen molar-refractivity contribution in [2.75, 3.05) is 7.11 Å². The molecule has 2 N–H and O–H groups in total. The second kappa shape index (κ2) is 9.46. The summed E-state index contributed by atoms with van der Waals surface area (Å²) in [6.07, 6.45) is 1.31. The maximum atomic E-state index is 13.5. The second-order valence-corrected chi connectivity index (χ2v) is 10.1. The molecule has 4 rings (SSSR count). The van der Waals surface area contributed by atoms with Crippen LogP contribution in [0.5, 0.6) is 23.0 Å². The van der Waals surface area contributed by atoms with Crippen molar-refractivity contribution in [3.63, 3.8) is 0 Å². The van der Waals surface area contributed by atoms with Gasteiger partial charge in [0.2, 0.25) is 5.16 Å². The first-order chi connectivity index (χ1) is 16.6. The quantitative estimate of drug-likeness (QED) is 0.355. The van der Waals surface area contributed by atoms with Gasteiger partial charge in [-0.15, -0.1) is 0 Å². The van der Waals surface area contributed by atoms with Gasteiger partial charge in [-0.05, 0) is 36.4 Å². The molecule has 0 radical (unpaired) electrons. The Balaban J connectivity index is 1.88. The second-order valence-electron chi connectivity index (χ2n) is 6.99. The average Bonchev–Trinajstić information content (AvgIpc) is 3.20. The van der Waals surface area contributed by atoms with Crippen LogP contribution in [0.15, 0.2) is 64.8 Å². The molecular weight excluding hydrogens is 508 g/mol. The van der Waals surface area contributed by atoms with Gasteiger partial charge in [-0.3, -0.25) is 9.19 Å². The van der Waals surface area contributed by atoms with Crippen molar-refractivity contribution in [2.24, 2.45) is 0 Å². The van der Waals surface area contributed by atoms with Crippen LogP contribution in [-0.2, 0) is 26.6 Å². The molecule has 2 aromatic carbocycles. The van der Waals surface area contributed by atoms with Gasteiger partial charge in [0, 0.05) is 18.3 Å². The maximum absolute atomic E-state index is 13.5. The van der Waals surface area contributed by atoms with E-state index in [4.69, 9.17) is 4.74 Å². The van der Waals surface area contributed by atoms with Crippen molar-refractivity contribution < 1.29 is 41.1 Å². The van der Waals surface area contributed by atoms with Gasteiger partial charge in [0.15, 0.2) is 11.5 Å². The number of alkyl halides is 2. The number of hydrogen-bond donors (Lipinski definition) is 2. The monoisotopic (exact) mass is 525 g/mol. The van der Waals surface area contributed by atoms with Crippen LogP contribution in [0.1, 0.15) is 5.69 Å². The molecule has 0 saturated heterocycles. The fraction of sp³-hybridized carbons (Fsp3) is 0.143. The summed E-state index contributed by atoms with van der Waals surface area (Å²) in [7, 11) is -5.28. The summed E-state index contributed by atoms with van der Waals surface area (Å²) < 4.78 is 75.7. The number of methoxy groups -OCH3 is 1. The summed E-state index contributed by atoms with van der Waals surface area (Å²) in [5, 5.41) is 19.4. The third-order valence-electron chi connectivity index (χ3n) is 4.81. The molecule has 0 saturated carbocycles. The minimum atomic E-state index is -4.41. The van der Waals surface area contributed by atoms with Crippen LogP contribution in [0.25, 0.3) is 11.0 Å². The van der Waals surface area contributed by atoms with E-state index < -0.39 is 38.3 Å². The maximum Gasteiger partial charge on any atom is 0.387 e. The number of benzene rings is 2. The molecule has 0 aliphatic heterocycles. The van der Waals surface area contributed by atoms with Crippen LogP contribution in [0, 0.1) is 0 Å². The van der Waals surface area contributed by atoms with E-state index >= 15 is 0 Å². The Morgan fingerprint density at radius 1 is 1.11 bits per heavy atom. The number of halogens is 2. The summed E-state index contributed by atoms with van der Waals surface area (Å²) >= 11 is 0. The van der Waals surface area contributed by atoms with E-state index in [0.29, 0.717) is 3.97 Å². The van der Waals surface area contributed by atoms with Gasteiger partial charge in [0.05, 0.1) is 45.3 Å². The fourth-order valence-corrected chi connectivity index (χ4v) is 6.19. The molecule has 14 heteroatoms. The molecule has 35 heavy (non-hydrogen) atoms. The normalized spacial score (nSPS) is 12.7. The Kier molecular flexibility index (Phi) is 6.58. The highest BCUT2D eigenvalue weighted by molar-refractivity contribution is 7.91. The molecule has 0 amide bonds. The van der Waals surface area contributed by atoms with E-state index in [1.165, 1.54) is 25.4 Å². The first-order valence-electron chi connectivity index (χ1n) is 9.73. The fourth-order valence-electron chi connectivity index (χ4n) is 3.23. The summed E-state index contributed by atoms with van der Waals surface area (Å²) in [6.45, 7) is -3.12. The molecule has 184 valence electrons. The highest BCUT2D eigenvalue weighted by atomic mass is 32.2. The standard InChI is InChI=1S/C21H17F2N3O7S2/c1-32-18-8-9-24-16(19(18)28)11-34(29)21-25-15-10-13(33-20(22)23)4-7-17(15)26(21)35(30,31)14-5-2-12(27)3-6-14/h2-10,20,27-28H,11H2,1H3. The molecule has 0 aliphatic rings. The molecule has 0 aliphatic carbocycles. The van der Waals surface area contributed by atoms with E-state index in [1.807, 2.05) is 0 Å². The van der Waals surface area contributed by atoms with Crippen LogP contribution in [0.2, 0.25) is 0 Å². The molecule has 4 aromatic rings. The molecule has 0 spiro atoms. The third-order valence-corrected chi connectivity index (χ3v) is 7.86. The van der Waals surface area contributed by atoms with E-state index in [9.17, 15) is 31.6 Å². The number of imidazole rings is 1. The van der Waals surface area contributed by atoms with Crippen molar-refractivity contribution in [3.05, 3.63) is 60.4 Å².